The molecule has 0 aliphatic rings. The average Bonchev–Trinajstić information content (AvgIpc) is 2.26. The predicted molar refractivity (Wildman–Crippen MR) is 59.1 cm³/mol. The third-order valence-corrected chi connectivity index (χ3v) is 3.35. The van der Waals surface area contributed by atoms with E-state index in [1.54, 1.807) is 18.0 Å². The highest BCUT2D eigenvalue weighted by atomic mass is 32.2. The van der Waals surface area contributed by atoms with Gasteiger partial charge in [-0.1, -0.05) is 20.3 Å². The second-order valence-electron chi connectivity index (χ2n) is 3.32. The van der Waals surface area contributed by atoms with Gasteiger partial charge in [-0.3, -0.25) is 0 Å². The largest absolute Gasteiger partial charge is 0.249 e. The van der Waals surface area contributed by atoms with Crippen molar-refractivity contribution in [2.75, 3.05) is 5.75 Å². The lowest BCUT2D eigenvalue weighted by atomic mass is 10.2. The van der Waals surface area contributed by atoms with E-state index in [9.17, 15) is 0 Å². The van der Waals surface area contributed by atoms with Gasteiger partial charge in [-0.2, -0.15) is 5.26 Å². The molecule has 1 rings (SSSR count). The minimum Gasteiger partial charge on any atom is -0.249 e. The third-order valence-electron chi connectivity index (χ3n) is 2.08. The monoisotopic (exact) mass is 206 g/mol. The summed E-state index contributed by atoms with van der Waals surface area (Å²) in [6.45, 7) is 4.42. The molecule has 1 aromatic rings. The van der Waals surface area contributed by atoms with E-state index in [-0.39, 0.29) is 0 Å². The van der Waals surface area contributed by atoms with Crippen LogP contribution in [0, 0.1) is 17.2 Å². The van der Waals surface area contributed by atoms with Crippen molar-refractivity contribution < 1.29 is 0 Å². The minimum atomic E-state index is 0.623. The number of aromatic nitrogens is 1. The van der Waals surface area contributed by atoms with E-state index in [0.717, 1.165) is 16.7 Å². The average molecular weight is 206 g/mol. The zero-order valence-corrected chi connectivity index (χ0v) is 9.34. The molecule has 14 heavy (non-hydrogen) atoms. The normalized spacial score (nSPS) is 12.1. The van der Waals surface area contributed by atoms with E-state index in [0.29, 0.717) is 5.56 Å². The van der Waals surface area contributed by atoms with E-state index in [4.69, 9.17) is 5.26 Å². The Morgan fingerprint density at radius 3 is 2.86 bits per heavy atom. The number of rotatable bonds is 4. The van der Waals surface area contributed by atoms with E-state index in [1.807, 2.05) is 12.1 Å². The number of hydrogen-bond acceptors (Lipinski definition) is 3. The lowest BCUT2D eigenvalue weighted by Crippen LogP contribution is -1.95. The fraction of sp³-hybridized carbons (Fsp3) is 0.455. The predicted octanol–water partition coefficient (Wildman–Crippen LogP) is 3.09. The minimum absolute atomic E-state index is 0.623. The molecule has 1 aromatic heterocycles. The van der Waals surface area contributed by atoms with Crippen LogP contribution in [-0.4, -0.2) is 10.7 Å². The molecule has 0 aromatic carbocycles. The number of pyridine rings is 1. The molecule has 1 atom stereocenters. The molecule has 0 bridgehead atoms. The first-order valence-corrected chi connectivity index (χ1v) is 5.73. The lowest BCUT2D eigenvalue weighted by molar-refractivity contribution is 0.636. The quantitative estimate of drug-likeness (QED) is 0.710. The van der Waals surface area contributed by atoms with Gasteiger partial charge in [-0.25, -0.2) is 4.98 Å². The van der Waals surface area contributed by atoms with Crippen molar-refractivity contribution in [2.45, 2.75) is 25.3 Å². The van der Waals surface area contributed by atoms with Crippen molar-refractivity contribution in [3.05, 3.63) is 23.9 Å². The van der Waals surface area contributed by atoms with Crippen LogP contribution in [0.3, 0.4) is 0 Å². The molecule has 0 fully saturated rings. The molecule has 0 saturated heterocycles. The van der Waals surface area contributed by atoms with Crippen molar-refractivity contribution in [1.82, 2.24) is 4.98 Å². The van der Waals surface area contributed by atoms with Gasteiger partial charge in [-0.05, 0) is 18.1 Å². The first-order valence-electron chi connectivity index (χ1n) is 4.75. The Labute approximate surface area is 89.4 Å². The maximum Gasteiger partial charge on any atom is 0.101 e. The summed E-state index contributed by atoms with van der Waals surface area (Å²) in [5, 5.41) is 9.59. The maximum atomic E-state index is 8.59. The van der Waals surface area contributed by atoms with Crippen LogP contribution in [0.25, 0.3) is 0 Å². The van der Waals surface area contributed by atoms with E-state index in [2.05, 4.69) is 24.9 Å². The van der Waals surface area contributed by atoms with Gasteiger partial charge < -0.3 is 0 Å². The van der Waals surface area contributed by atoms with Gasteiger partial charge in [-0.15, -0.1) is 11.8 Å². The summed E-state index contributed by atoms with van der Waals surface area (Å²) >= 11 is 1.75. The summed E-state index contributed by atoms with van der Waals surface area (Å²) in [6, 6.07) is 5.78. The molecule has 0 N–H and O–H groups in total. The fourth-order valence-electron chi connectivity index (χ4n) is 0.877. The fourth-order valence-corrected chi connectivity index (χ4v) is 1.86. The molecule has 0 spiro atoms. The molecule has 2 nitrogen and oxygen atoms in total. The Bertz CT molecular complexity index is 313. The smallest absolute Gasteiger partial charge is 0.101 e. The van der Waals surface area contributed by atoms with Crippen molar-refractivity contribution in [2.24, 2.45) is 5.92 Å². The van der Waals surface area contributed by atoms with Crippen LogP contribution < -0.4 is 0 Å². The number of hydrogen-bond donors (Lipinski definition) is 0. The third kappa shape index (κ3) is 3.39. The van der Waals surface area contributed by atoms with Crippen LogP contribution in [0.1, 0.15) is 25.8 Å². The zero-order valence-electron chi connectivity index (χ0n) is 8.53. The van der Waals surface area contributed by atoms with Crippen LogP contribution in [0.2, 0.25) is 0 Å². The molecule has 3 heteroatoms. The molecule has 74 valence electrons. The SMILES string of the molecule is CCC(C)CSc1ccc(C#N)cn1. The van der Waals surface area contributed by atoms with E-state index in [1.165, 1.54) is 6.42 Å². The van der Waals surface area contributed by atoms with Crippen molar-refractivity contribution in [1.29, 1.82) is 5.26 Å². The topological polar surface area (TPSA) is 36.7 Å². The lowest BCUT2D eigenvalue weighted by Gasteiger charge is -2.06. The molecular formula is C11H14N2S. The van der Waals surface area contributed by atoms with Crippen molar-refractivity contribution in [3.8, 4) is 6.07 Å². The second kappa shape index (κ2) is 5.66. The Morgan fingerprint density at radius 1 is 1.57 bits per heavy atom. The summed E-state index contributed by atoms with van der Waals surface area (Å²) in [4.78, 5) is 4.20. The molecule has 0 radical (unpaired) electrons. The second-order valence-corrected chi connectivity index (χ2v) is 4.36. The summed E-state index contributed by atoms with van der Waals surface area (Å²) in [7, 11) is 0. The first-order chi connectivity index (χ1) is 6.76. The van der Waals surface area contributed by atoms with Crippen LogP contribution in [-0.2, 0) is 0 Å². The molecular weight excluding hydrogens is 192 g/mol. The molecule has 0 amide bonds. The Morgan fingerprint density at radius 2 is 2.36 bits per heavy atom. The molecule has 1 unspecified atom stereocenters. The van der Waals surface area contributed by atoms with Gasteiger partial charge in [0.2, 0.25) is 0 Å². The van der Waals surface area contributed by atoms with Crippen molar-refractivity contribution in [3.63, 3.8) is 0 Å². The van der Waals surface area contributed by atoms with E-state index < -0.39 is 0 Å². The summed E-state index contributed by atoms with van der Waals surface area (Å²) < 4.78 is 0. The number of nitriles is 1. The van der Waals surface area contributed by atoms with Gasteiger partial charge in [0, 0.05) is 11.9 Å². The standard InChI is InChI=1S/C11H14N2S/c1-3-9(2)8-14-11-5-4-10(6-12)7-13-11/h4-5,7,9H,3,8H2,1-2H3. The van der Waals surface area contributed by atoms with Crippen LogP contribution in [0.5, 0.6) is 0 Å². The molecule has 1 heterocycles. The summed E-state index contributed by atoms with van der Waals surface area (Å²) in [5.74, 6) is 1.81. The van der Waals surface area contributed by atoms with Crippen molar-refractivity contribution >= 4 is 11.8 Å². The molecule has 0 aliphatic carbocycles. The van der Waals surface area contributed by atoms with Gasteiger partial charge in [0.05, 0.1) is 10.6 Å². The number of nitrogens with zero attached hydrogens (tertiary/aromatic N) is 2. The Kier molecular flexibility index (Phi) is 4.48. The number of thioether (sulfide) groups is 1. The van der Waals surface area contributed by atoms with Gasteiger partial charge >= 0.3 is 0 Å². The highest BCUT2D eigenvalue weighted by Gasteiger charge is 2.01. The summed E-state index contributed by atoms with van der Waals surface area (Å²) in [5.41, 5.74) is 0.623. The first kappa shape index (κ1) is 11.1. The highest BCUT2D eigenvalue weighted by molar-refractivity contribution is 7.99. The van der Waals surface area contributed by atoms with Crippen LogP contribution >= 0.6 is 11.8 Å². The molecule has 0 aliphatic heterocycles. The zero-order chi connectivity index (χ0) is 10.4. The van der Waals surface area contributed by atoms with Crippen LogP contribution in [0.15, 0.2) is 23.4 Å². The maximum absolute atomic E-state index is 8.59. The van der Waals surface area contributed by atoms with Gasteiger partial charge in [0.15, 0.2) is 0 Å². The highest BCUT2D eigenvalue weighted by Crippen LogP contribution is 2.19. The van der Waals surface area contributed by atoms with E-state index >= 15 is 0 Å². The van der Waals surface area contributed by atoms with Gasteiger partial charge in [0.1, 0.15) is 6.07 Å². The Hall–Kier alpha value is -1.01. The Balaban J connectivity index is 2.49. The molecule has 0 saturated carbocycles. The summed E-state index contributed by atoms with van der Waals surface area (Å²) in [6.07, 6.45) is 2.82. The van der Waals surface area contributed by atoms with Crippen LogP contribution in [0.4, 0.5) is 0 Å². The van der Waals surface area contributed by atoms with Gasteiger partial charge in [0.25, 0.3) is 0 Å².